The Morgan fingerprint density at radius 1 is 1.19 bits per heavy atom. The summed E-state index contributed by atoms with van der Waals surface area (Å²) in [5, 5.41) is 14.5. The van der Waals surface area contributed by atoms with E-state index in [2.05, 4.69) is 5.32 Å². The summed E-state index contributed by atoms with van der Waals surface area (Å²) in [6, 6.07) is 12.1. The Morgan fingerprint density at radius 2 is 1.92 bits per heavy atom. The number of hydrogen-bond donors (Lipinski definition) is 2. The van der Waals surface area contributed by atoms with E-state index in [0.29, 0.717) is 33.9 Å². The van der Waals surface area contributed by atoms with Crippen molar-refractivity contribution in [3.8, 4) is 5.75 Å². The second-order valence-corrected chi connectivity index (χ2v) is 6.69. The summed E-state index contributed by atoms with van der Waals surface area (Å²) < 4.78 is 1.31. The second kappa shape index (κ2) is 7.40. The van der Waals surface area contributed by atoms with E-state index < -0.39 is 17.2 Å². The van der Waals surface area contributed by atoms with Crippen molar-refractivity contribution in [1.82, 2.24) is 9.88 Å². The van der Waals surface area contributed by atoms with Crippen LogP contribution in [0.25, 0.3) is 10.9 Å². The standard InChI is InChI=1S/C19H16Cl2N2O3/c1-23-15-5-3-2-4-13(15)16(17(24)19(23)26)18(25)22-9-8-11-6-7-12(20)10-14(11)21/h2-7,10,24H,8-9H2,1H3,(H,22,25). The van der Waals surface area contributed by atoms with Crippen molar-refractivity contribution in [3.63, 3.8) is 0 Å². The molecule has 0 aliphatic heterocycles. The number of carbonyl (C=O) groups is 1. The number of pyridine rings is 1. The number of nitrogens with one attached hydrogen (secondary N) is 1. The predicted octanol–water partition coefficient (Wildman–Crippen LogP) is 3.52. The van der Waals surface area contributed by atoms with Crippen LogP contribution in [0.2, 0.25) is 10.0 Å². The van der Waals surface area contributed by atoms with E-state index in [9.17, 15) is 14.7 Å². The number of amides is 1. The van der Waals surface area contributed by atoms with Crippen LogP contribution in [0, 0.1) is 0 Å². The lowest BCUT2D eigenvalue weighted by molar-refractivity contribution is 0.0953. The number of aromatic nitrogens is 1. The lowest BCUT2D eigenvalue weighted by atomic mass is 10.1. The SMILES string of the molecule is Cn1c(=O)c(O)c(C(=O)NCCc2ccc(Cl)cc2Cl)c2ccccc21. The number of fused-ring (bicyclic) bond motifs is 1. The molecule has 2 N–H and O–H groups in total. The van der Waals surface area contributed by atoms with Crippen LogP contribution >= 0.6 is 23.2 Å². The van der Waals surface area contributed by atoms with Gasteiger partial charge in [0.1, 0.15) is 0 Å². The molecule has 1 heterocycles. The number of aromatic hydroxyl groups is 1. The number of benzene rings is 2. The predicted molar refractivity (Wildman–Crippen MR) is 103 cm³/mol. The van der Waals surface area contributed by atoms with Gasteiger partial charge in [-0.05, 0) is 30.2 Å². The minimum absolute atomic E-state index is 0.0223. The lowest BCUT2D eigenvalue weighted by Crippen LogP contribution is -2.29. The lowest BCUT2D eigenvalue weighted by Gasteiger charge is -2.12. The molecule has 0 spiro atoms. The van der Waals surface area contributed by atoms with Crippen LogP contribution in [0.3, 0.4) is 0 Å². The summed E-state index contributed by atoms with van der Waals surface area (Å²) in [5.41, 5.74) is 0.774. The van der Waals surface area contributed by atoms with E-state index in [1.165, 1.54) is 4.57 Å². The highest BCUT2D eigenvalue weighted by atomic mass is 35.5. The van der Waals surface area contributed by atoms with Crippen LogP contribution in [0.4, 0.5) is 0 Å². The van der Waals surface area contributed by atoms with Crippen molar-refractivity contribution in [3.05, 3.63) is 74.0 Å². The minimum Gasteiger partial charge on any atom is -0.502 e. The van der Waals surface area contributed by atoms with Gasteiger partial charge in [0.15, 0.2) is 5.75 Å². The molecule has 2 aromatic carbocycles. The molecule has 3 aromatic rings. The maximum Gasteiger partial charge on any atom is 0.293 e. The van der Waals surface area contributed by atoms with Gasteiger partial charge in [0.25, 0.3) is 11.5 Å². The first-order valence-corrected chi connectivity index (χ1v) is 8.68. The molecule has 0 saturated heterocycles. The van der Waals surface area contributed by atoms with Crippen LogP contribution in [0.5, 0.6) is 5.75 Å². The Hall–Kier alpha value is -2.50. The summed E-state index contributed by atoms with van der Waals surface area (Å²) in [6.07, 6.45) is 0.491. The van der Waals surface area contributed by atoms with Gasteiger partial charge in [0.05, 0.1) is 11.1 Å². The third kappa shape index (κ3) is 3.41. The molecular formula is C19H16Cl2N2O3. The average Bonchev–Trinajstić information content (AvgIpc) is 2.62. The monoisotopic (exact) mass is 390 g/mol. The highest BCUT2D eigenvalue weighted by Crippen LogP contribution is 2.24. The largest absolute Gasteiger partial charge is 0.502 e. The van der Waals surface area contributed by atoms with E-state index in [1.807, 2.05) is 0 Å². The summed E-state index contributed by atoms with van der Waals surface area (Å²) >= 11 is 12.0. The number of para-hydroxylation sites is 1. The van der Waals surface area contributed by atoms with Crippen LogP contribution in [0.15, 0.2) is 47.3 Å². The fourth-order valence-electron chi connectivity index (χ4n) is 2.83. The molecule has 134 valence electrons. The van der Waals surface area contributed by atoms with E-state index in [-0.39, 0.29) is 5.56 Å². The Morgan fingerprint density at radius 3 is 2.65 bits per heavy atom. The second-order valence-electron chi connectivity index (χ2n) is 5.85. The minimum atomic E-state index is -0.616. The van der Waals surface area contributed by atoms with Gasteiger partial charge in [-0.15, -0.1) is 0 Å². The van der Waals surface area contributed by atoms with Gasteiger partial charge in [-0.1, -0.05) is 47.5 Å². The number of nitrogens with zero attached hydrogens (tertiary/aromatic N) is 1. The molecule has 0 radical (unpaired) electrons. The molecule has 0 aliphatic carbocycles. The van der Waals surface area contributed by atoms with E-state index in [0.717, 1.165) is 5.56 Å². The molecule has 0 fully saturated rings. The molecule has 26 heavy (non-hydrogen) atoms. The van der Waals surface area contributed by atoms with Crippen molar-refractivity contribution in [1.29, 1.82) is 0 Å². The molecule has 3 rings (SSSR count). The van der Waals surface area contributed by atoms with E-state index >= 15 is 0 Å². The van der Waals surface area contributed by atoms with E-state index in [1.54, 1.807) is 49.5 Å². The molecular weight excluding hydrogens is 375 g/mol. The number of rotatable bonds is 4. The first-order valence-electron chi connectivity index (χ1n) is 7.93. The molecule has 5 nitrogen and oxygen atoms in total. The summed E-state index contributed by atoms with van der Waals surface area (Å²) in [5.74, 6) is -1.07. The third-order valence-electron chi connectivity index (χ3n) is 4.20. The zero-order valence-electron chi connectivity index (χ0n) is 13.9. The topological polar surface area (TPSA) is 71.3 Å². The molecule has 0 bridgehead atoms. The molecule has 1 aromatic heterocycles. The van der Waals surface area contributed by atoms with Crippen LogP contribution in [-0.2, 0) is 13.5 Å². The van der Waals surface area contributed by atoms with Crippen molar-refractivity contribution in [2.45, 2.75) is 6.42 Å². The fourth-order valence-corrected chi connectivity index (χ4v) is 3.34. The quantitative estimate of drug-likeness (QED) is 0.715. The molecule has 0 unspecified atom stereocenters. The van der Waals surface area contributed by atoms with Crippen molar-refractivity contribution >= 4 is 40.0 Å². The normalized spacial score (nSPS) is 10.9. The Labute approximate surface area is 159 Å². The van der Waals surface area contributed by atoms with Gasteiger partial charge in [-0.2, -0.15) is 0 Å². The highest BCUT2D eigenvalue weighted by molar-refractivity contribution is 6.35. The maximum atomic E-state index is 12.6. The van der Waals surface area contributed by atoms with E-state index in [4.69, 9.17) is 23.2 Å². The first kappa shape index (κ1) is 18.3. The van der Waals surface area contributed by atoms with Gasteiger partial charge >= 0.3 is 0 Å². The zero-order valence-corrected chi connectivity index (χ0v) is 15.4. The van der Waals surface area contributed by atoms with Crippen LogP contribution < -0.4 is 10.9 Å². The first-order chi connectivity index (χ1) is 12.4. The Bertz CT molecular complexity index is 1060. The Kier molecular flexibility index (Phi) is 5.20. The number of halogens is 2. The van der Waals surface area contributed by atoms with Gasteiger partial charge in [-0.25, -0.2) is 0 Å². The highest BCUT2D eigenvalue weighted by Gasteiger charge is 2.20. The summed E-state index contributed by atoms with van der Waals surface area (Å²) in [7, 11) is 1.55. The van der Waals surface area contributed by atoms with Crippen molar-refractivity contribution in [2.24, 2.45) is 7.05 Å². The number of aryl methyl sites for hydroxylation is 1. The average molecular weight is 391 g/mol. The molecule has 1 amide bonds. The van der Waals surface area contributed by atoms with Crippen molar-refractivity contribution in [2.75, 3.05) is 6.54 Å². The summed E-state index contributed by atoms with van der Waals surface area (Å²) in [4.78, 5) is 24.8. The van der Waals surface area contributed by atoms with Crippen molar-refractivity contribution < 1.29 is 9.90 Å². The smallest absolute Gasteiger partial charge is 0.293 e. The molecule has 0 aliphatic rings. The number of hydrogen-bond acceptors (Lipinski definition) is 3. The molecule has 7 heteroatoms. The number of carbonyl (C=O) groups excluding carboxylic acids is 1. The Balaban J connectivity index is 1.85. The van der Waals surface area contributed by atoms with Gasteiger partial charge in [0.2, 0.25) is 0 Å². The maximum absolute atomic E-state index is 12.6. The van der Waals surface area contributed by atoms with Gasteiger partial charge < -0.3 is 15.0 Å². The fraction of sp³-hybridized carbons (Fsp3) is 0.158. The molecule has 0 atom stereocenters. The third-order valence-corrected chi connectivity index (χ3v) is 4.79. The van der Waals surface area contributed by atoms with Crippen LogP contribution in [0.1, 0.15) is 15.9 Å². The summed E-state index contributed by atoms with van der Waals surface area (Å²) in [6.45, 7) is 0.295. The van der Waals surface area contributed by atoms with Crippen LogP contribution in [-0.4, -0.2) is 22.1 Å². The van der Waals surface area contributed by atoms with Gasteiger partial charge in [0, 0.05) is 29.0 Å². The molecule has 0 saturated carbocycles. The van der Waals surface area contributed by atoms with Gasteiger partial charge in [-0.3, -0.25) is 9.59 Å². The zero-order chi connectivity index (χ0) is 18.8.